The maximum atomic E-state index is 12.9. The van der Waals surface area contributed by atoms with E-state index in [1.54, 1.807) is 6.07 Å². The van der Waals surface area contributed by atoms with Crippen molar-refractivity contribution in [1.82, 2.24) is 9.97 Å². The van der Waals surface area contributed by atoms with Crippen molar-refractivity contribution in [3.05, 3.63) is 11.9 Å². The highest BCUT2D eigenvalue weighted by molar-refractivity contribution is 5.50. The molecule has 0 spiro atoms. The van der Waals surface area contributed by atoms with Crippen LogP contribution < -0.4 is 10.2 Å². The van der Waals surface area contributed by atoms with E-state index in [1.165, 1.54) is 0 Å². The van der Waals surface area contributed by atoms with Gasteiger partial charge in [-0.2, -0.15) is 13.2 Å². The summed E-state index contributed by atoms with van der Waals surface area (Å²) in [6, 6.07) is 1.65. The largest absolute Gasteiger partial charge is 0.451 e. The summed E-state index contributed by atoms with van der Waals surface area (Å²) in [6.07, 6.45) is -2.90. The third kappa shape index (κ3) is 5.06. The number of rotatable bonds is 7. The predicted molar refractivity (Wildman–Crippen MR) is 78.6 cm³/mol. The van der Waals surface area contributed by atoms with Crippen LogP contribution in [0.5, 0.6) is 0 Å². The number of anilines is 2. The molecule has 1 N–H and O–H groups in total. The molecule has 0 radical (unpaired) electrons. The molecular formula is C14H23F3N4. The van der Waals surface area contributed by atoms with Gasteiger partial charge in [-0.3, -0.25) is 0 Å². The van der Waals surface area contributed by atoms with E-state index in [0.717, 1.165) is 12.8 Å². The Bertz CT molecular complexity index is 446. The fourth-order valence-electron chi connectivity index (χ4n) is 1.93. The molecule has 0 atom stereocenters. The summed E-state index contributed by atoms with van der Waals surface area (Å²) in [5.74, 6) is -0.566. The van der Waals surface area contributed by atoms with E-state index in [2.05, 4.69) is 15.3 Å². The number of nitrogens with one attached hydrogen (secondary N) is 1. The van der Waals surface area contributed by atoms with Crippen molar-refractivity contribution < 1.29 is 13.2 Å². The second-order valence-electron chi connectivity index (χ2n) is 5.15. The second-order valence-corrected chi connectivity index (χ2v) is 5.15. The third-order valence-corrected chi connectivity index (χ3v) is 2.90. The molecule has 1 aromatic heterocycles. The van der Waals surface area contributed by atoms with E-state index in [0.29, 0.717) is 18.9 Å². The Kier molecular flexibility index (Phi) is 6.23. The van der Waals surface area contributed by atoms with E-state index in [9.17, 15) is 13.2 Å². The Labute approximate surface area is 123 Å². The Morgan fingerprint density at radius 3 is 2.33 bits per heavy atom. The summed E-state index contributed by atoms with van der Waals surface area (Å²) < 4.78 is 38.8. The number of hydrogen-bond acceptors (Lipinski definition) is 4. The van der Waals surface area contributed by atoms with Crippen molar-refractivity contribution in [2.75, 3.05) is 23.3 Å². The Hall–Kier alpha value is -1.53. The van der Waals surface area contributed by atoms with Crippen LogP contribution in [-0.2, 0) is 6.18 Å². The number of aromatic nitrogens is 2. The molecule has 1 heterocycles. The molecule has 1 aromatic rings. The molecular weight excluding hydrogens is 281 g/mol. The molecule has 0 amide bonds. The summed E-state index contributed by atoms with van der Waals surface area (Å²) >= 11 is 0. The number of halogens is 3. The van der Waals surface area contributed by atoms with Crippen LogP contribution in [0.15, 0.2) is 6.07 Å². The van der Waals surface area contributed by atoms with Crippen molar-refractivity contribution >= 4 is 11.6 Å². The maximum Gasteiger partial charge on any atom is 0.451 e. The van der Waals surface area contributed by atoms with Crippen molar-refractivity contribution in [2.24, 2.45) is 0 Å². The third-order valence-electron chi connectivity index (χ3n) is 2.90. The van der Waals surface area contributed by atoms with Crippen molar-refractivity contribution in [3.63, 3.8) is 0 Å². The lowest BCUT2D eigenvalue weighted by molar-refractivity contribution is -0.144. The lowest BCUT2D eigenvalue weighted by Crippen LogP contribution is -2.33. The van der Waals surface area contributed by atoms with Crippen LogP contribution in [0.2, 0.25) is 0 Å². The summed E-state index contributed by atoms with van der Waals surface area (Å²) in [4.78, 5) is 9.13. The molecule has 21 heavy (non-hydrogen) atoms. The lowest BCUT2D eigenvalue weighted by atomic mass is 10.3. The zero-order valence-electron chi connectivity index (χ0n) is 13.0. The topological polar surface area (TPSA) is 41.0 Å². The van der Waals surface area contributed by atoms with Crippen LogP contribution in [0.25, 0.3) is 0 Å². The fourth-order valence-corrected chi connectivity index (χ4v) is 1.93. The van der Waals surface area contributed by atoms with E-state index in [-0.39, 0.29) is 11.9 Å². The minimum Gasteiger partial charge on any atom is -0.370 e. The quantitative estimate of drug-likeness (QED) is 0.828. The summed E-state index contributed by atoms with van der Waals surface area (Å²) in [6.45, 7) is 9.02. The maximum absolute atomic E-state index is 12.9. The molecule has 0 aromatic carbocycles. The van der Waals surface area contributed by atoms with Gasteiger partial charge >= 0.3 is 6.18 Å². The smallest absolute Gasteiger partial charge is 0.370 e. The number of hydrogen-bond donors (Lipinski definition) is 1. The van der Waals surface area contributed by atoms with Gasteiger partial charge in [0.2, 0.25) is 5.82 Å². The van der Waals surface area contributed by atoms with Gasteiger partial charge in [-0.25, -0.2) is 9.97 Å². The standard InChI is InChI=1S/C14H23F3N4/c1-5-7-18-11-9-12(21(8-6-2)10(3)4)20-13(19-11)14(15,16)17/h9-10H,5-8H2,1-4H3,(H,18,19,20). The summed E-state index contributed by atoms with van der Waals surface area (Å²) in [5.41, 5.74) is 0. The van der Waals surface area contributed by atoms with Crippen LogP contribution in [0.1, 0.15) is 46.4 Å². The normalized spacial score (nSPS) is 11.8. The van der Waals surface area contributed by atoms with Gasteiger partial charge in [-0.05, 0) is 26.7 Å². The first kappa shape index (κ1) is 17.5. The summed E-state index contributed by atoms with van der Waals surface area (Å²) in [5, 5.41) is 2.91. The van der Waals surface area contributed by atoms with Gasteiger partial charge in [0.25, 0.3) is 0 Å². The highest BCUT2D eigenvalue weighted by Gasteiger charge is 2.36. The number of nitrogens with zero attached hydrogens (tertiary/aromatic N) is 3. The lowest BCUT2D eigenvalue weighted by Gasteiger charge is -2.28. The first-order chi connectivity index (χ1) is 9.79. The van der Waals surface area contributed by atoms with Gasteiger partial charge in [0.05, 0.1) is 0 Å². The van der Waals surface area contributed by atoms with Crippen LogP contribution in [0, 0.1) is 0 Å². The molecule has 0 aliphatic heterocycles. The van der Waals surface area contributed by atoms with Gasteiger partial charge in [-0.15, -0.1) is 0 Å². The minimum absolute atomic E-state index is 0.0694. The number of alkyl halides is 3. The van der Waals surface area contributed by atoms with Crippen LogP contribution >= 0.6 is 0 Å². The van der Waals surface area contributed by atoms with Gasteiger partial charge in [-0.1, -0.05) is 13.8 Å². The first-order valence-electron chi connectivity index (χ1n) is 7.26. The average molecular weight is 304 g/mol. The van der Waals surface area contributed by atoms with Crippen molar-refractivity contribution in [2.45, 2.75) is 52.8 Å². The van der Waals surface area contributed by atoms with E-state index >= 15 is 0 Å². The SMILES string of the molecule is CCCNc1cc(N(CCC)C(C)C)nc(C(F)(F)F)n1. The Balaban J connectivity index is 3.22. The van der Waals surface area contributed by atoms with E-state index < -0.39 is 12.0 Å². The minimum atomic E-state index is -4.55. The Morgan fingerprint density at radius 1 is 1.19 bits per heavy atom. The van der Waals surface area contributed by atoms with Crippen molar-refractivity contribution in [3.8, 4) is 0 Å². The molecule has 0 saturated heterocycles. The Morgan fingerprint density at radius 2 is 1.86 bits per heavy atom. The fraction of sp³-hybridized carbons (Fsp3) is 0.714. The molecule has 1 rings (SSSR count). The monoisotopic (exact) mass is 304 g/mol. The average Bonchev–Trinajstić information content (AvgIpc) is 2.40. The van der Waals surface area contributed by atoms with Gasteiger partial charge < -0.3 is 10.2 Å². The van der Waals surface area contributed by atoms with E-state index in [4.69, 9.17) is 0 Å². The first-order valence-corrected chi connectivity index (χ1v) is 7.26. The van der Waals surface area contributed by atoms with Gasteiger partial charge in [0.15, 0.2) is 0 Å². The zero-order chi connectivity index (χ0) is 16.0. The molecule has 0 bridgehead atoms. The molecule has 7 heteroatoms. The summed E-state index contributed by atoms with van der Waals surface area (Å²) in [7, 11) is 0. The molecule has 120 valence electrons. The van der Waals surface area contributed by atoms with Gasteiger partial charge in [0, 0.05) is 25.2 Å². The predicted octanol–water partition coefficient (Wildman–Crippen LogP) is 3.94. The molecule has 0 aliphatic rings. The highest BCUT2D eigenvalue weighted by Crippen LogP contribution is 2.29. The second kappa shape index (κ2) is 7.47. The molecule has 0 aliphatic carbocycles. The van der Waals surface area contributed by atoms with E-state index in [1.807, 2.05) is 32.6 Å². The van der Waals surface area contributed by atoms with Crippen LogP contribution in [0.3, 0.4) is 0 Å². The zero-order valence-corrected chi connectivity index (χ0v) is 13.0. The van der Waals surface area contributed by atoms with Crippen molar-refractivity contribution in [1.29, 1.82) is 0 Å². The van der Waals surface area contributed by atoms with Crippen LogP contribution in [0.4, 0.5) is 24.8 Å². The highest BCUT2D eigenvalue weighted by atomic mass is 19.4. The molecule has 4 nitrogen and oxygen atoms in total. The van der Waals surface area contributed by atoms with Gasteiger partial charge in [0.1, 0.15) is 11.6 Å². The molecule has 0 saturated carbocycles. The van der Waals surface area contributed by atoms with Crippen LogP contribution in [-0.4, -0.2) is 29.1 Å². The molecule has 0 fully saturated rings. The molecule has 0 unspecified atom stereocenters.